The predicted molar refractivity (Wildman–Crippen MR) is 166 cm³/mol. The van der Waals surface area contributed by atoms with Gasteiger partial charge in [0.2, 0.25) is 0 Å². The van der Waals surface area contributed by atoms with E-state index in [0.717, 1.165) is 39.0 Å². The number of rotatable bonds is 1. The lowest BCUT2D eigenvalue weighted by molar-refractivity contribution is -0.137. The van der Waals surface area contributed by atoms with Crippen molar-refractivity contribution >= 4 is 39.3 Å². The monoisotopic (exact) mass is 586 g/mol. The summed E-state index contributed by atoms with van der Waals surface area (Å²) in [6, 6.07) is 24.9. The number of hydrogen-bond acceptors (Lipinski definition) is 2. The standard InChI is InChI=1S/C37H25F3N2O2/c1-19-13-20(2)33(21(3)14-19)42-35(43)31-23-11-12-30(32(31)36(42)44)41-29-10-5-4-7-27(29)28-9-6-8-26(34(28)41)24-16-22(15-23)17-25(18-24)37(38,39)40/h4-14,16-18H,15H2,1-3H3. The van der Waals surface area contributed by atoms with Crippen LogP contribution in [0.2, 0.25) is 0 Å². The van der Waals surface area contributed by atoms with Gasteiger partial charge in [0.05, 0.1) is 39.1 Å². The first kappa shape index (κ1) is 26.5. The number of fused-ring (bicyclic) bond motifs is 3. The van der Waals surface area contributed by atoms with Crippen LogP contribution >= 0.6 is 0 Å². The fourth-order valence-electron chi connectivity index (χ4n) is 7.31. The zero-order chi connectivity index (χ0) is 30.7. The smallest absolute Gasteiger partial charge is 0.308 e. The Morgan fingerprint density at radius 3 is 2.18 bits per heavy atom. The van der Waals surface area contributed by atoms with Gasteiger partial charge in [0, 0.05) is 16.3 Å². The molecule has 5 aromatic carbocycles. The van der Waals surface area contributed by atoms with E-state index in [0.29, 0.717) is 39.1 Å². The van der Waals surface area contributed by atoms with Gasteiger partial charge in [0.1, 0.15) is 0 Å². The van der Waals surface area contributed by atoms with Crippen LogP contribution in [0.3, 0.4) is 0 Å². The molecule has 7 heteroatoms. The third-order valence-electron chi connectivity index (χ3n) is 8.92. The quantitative estimate of drug-likeness (QED) is 0.180. The van der Waals surface area contributed by atoms with E-state index in [2.05, 4.69) is 0 Å². The molecule has 3 aliphatic heterocycles. The van der Waals surface area contributed by atoms with Crippen molar-refractivity contribution in [3.63, 3.8) is 0 Å². The number of carbonyl (C=O) groups is 2. The number of nitrogens with zero attached hydrogens (tertiary/aromatic N) is 2. The summed E-state index contributed by atoms with van der Waals surface area (Å²) in [6.07, 6.45) is -4.51. The van der Waals surface area contributed by atoms with Gasteiger partial charge in [0.15, 0.2) is 0 Å². The number of hydrogen-bond donors (Lipinski definition) is 0. The van der Waals surface area contributed by atoms with Crippen molar-refractivity contribution in [3.8, 4) is 16.8 Å². The molecule has 44 heavy (non-hydrogen) atoms. The van der Waals surface area contributed by atoms with E-state index < -0.39 is 23.6 Å². The van der Waals surface area contributed by atoms with Gasteiger partial charge in [-0.15, -0.1) is 0 Å². The van der Waals surface area contributed by atoms with Crippen molar-refractivity contribution in [2.24, 2.45) is 0 Å². The lowest BCUT2D eigenvalue weighted by Gasteiger charge is -2.20. The highest BCUT2D eigenvalue weighted by Gasteiger charge is 2.43. The highest BCUT2D eigenvalue weighted by molar-refractivity contribution is 6.36. The first-order valence-electron chi connectivity index (χ1n) is 14.4. The molecule has 0 aliphatic carbocycles. The molecule has 0 unspecified atom stereocenters. The van der Waals surface area contributed by atoms with Crippen LogP contribution in [-0.2, 0) is 12.6 Å². The minimum atomic E-state index is -4.57. The second kappa shape index (κ2) is 8.92. The molecular weight excluding hydrogens is 561 g/mol. The van der Waals surface area contributed by atoms with E-state index in [1.54, 1.807) is 12.1 Å². The van der Waals surface area contributed by atoms with Crippen LogP contribution in [0.4, 0.5) is 18.9 Å². The number of imide groups is 1. The number of anilines is 1. The predicted octanol–water partition coefficient (Wildman–Crippen LogP) is 9.10. The summed E-state index contributed by atoms with van der Waals surface area (Å²) in [7, 11) is 0. The fraction of sp³-hybridized carbons (Fsp3) is 0.135. The van der Waals surface area contributed by atoms with Crippen molar-refractivity contribution in [3.05, 3.63) is 129 Å². The van der Waals surface area contributed by atoms with Crippen LogP contribution in [-0.4, -0.2) is 16.4 Å². The minimum Gasteiger partial charge on any atom is -0.308 e. The highest BCUT2D eigenvalue weighted by Crippen LogP contribution is 2.45. The van der Waals surface area contributed by atoms with E-state index in [-0.39, 0.29) is 17.5 Å². The summed E-state index contributed by atoms with van der Waals surface area (Å²) in [6.45, 7) is 5.72. The second-order valence-electron chi connectivity index (χ2n) is 11.8. The first-order valence-corrected chi connectivity index (χ1v) is 14.4. The molecule has 0 saturated heterocycles. The second-order valence-corrected chi connectivity index (χ2v) is 11.8. The van der Waals surface area contributed by atoms with Crippen molar-refractivity contribution < 1.29 is 22.8 Å². The van der Waals surface area contributed by atoms with Crippen molar-refractivity contribution in [2.75, 3.05) is 4.90 Å². The largest absolute Gasteiger partial charge is 0.416 e. The maximum absolute atomic E-state index is 14.6. The topological polar surface area (TPSA) is 42.3 Å². The van der Waals surface area contributed by atoms with Gasteiger partial charge in [-0.3, -0.25) is 9.59 Å². The Hall–Kier alpha value is -5.17. The Labute approximate surface area is 251 Å². The lowest BCUT2D eigenvalue weighted by Crippen LogP contribution is -2.31. The highest BCUT2D eigenvalue weighted by atomic mass is 19.4. The van der Waals surface area contributed by atoms with E-state index in [1.807, 2.05) is 86.0 Å². The summed E-state index contributed by atoms with van der Waals surface area (Å²) >= 11 is 0. The van der Waals surface area contributed by atoms with Crippen LogP contribution in [0.1, 0.15) is 54.1 Å². The van der Waals surface area contributed by atoms with Crippen molar-refractivity contribution in [1.82, 2.24) is 4.57 Å². The third kappa shape index (κ3) is 3.59. The maximum Gasteiger partial charge on any atom is 0.416 e. The molecule has 0 atom stereocenters. The average Bonchev–Trinajstić information content (AvgIpc) is 3.43. The number of aromatic nitrogens is 1. The van der Waals surface area contributed by atoms with E-state index in [1.165, 1.54) is 11.0 Å². The molecule has 2 amide bonds. The number of alkyl halides is 3. The first-order chi connectivity index (χ1) is 21.0. The Kier molecular flexibility index (Phi) is 5.37. The molecule has 0 saturated carbocycles. The van der Waals surface area contributed by atoms with Gasteiger partial charge >= 0.3 is 6.18 Å². The normalized spacial score (nSPS) is 14.1. The van der Waals surface area contributed by atoms with Gasteiger partial charge in [-0.25, -0.2) is 4.90 Å². The molecule has 0 N–H and O–H groups in total. The molecule has 3 aliphatic rings. The summed E-state index contributed by atoms with van der Waals surface area (Å²) in [4.78, 5) is 30.2. The molecule has 0 fully saturated rings. The number of carbonyl (C=O) groups excluding carboxylic acids is 2. The van der Waals surface area contributed by atoms with Crippen LogP contribution in [0, 0.1) is 20.8 Å². The SMILES string of the molecule is Cc1cc(C)c(N2C(=O)c3c4ccc(c3C2=O)-n2c3ccccc3c3cccc(c32)-c2cc(cc(C(F)(F)F)c2)C4)c(C)c1. The molecule has 9 rings (SSSR count). The molecule has 1 aromatic heterocycles. The van der Waals surface area contributed by atoms with Gasteiger partial charge in [-0.05, 0) is 79.3 Å². The number of para-hydroxylation sites is 2. The Morgan fingerprint density at radius 2 is 1.43 bits per heavy atom. The minimum absolute atomic E-state index is 0.0594. The summed E-state index contributed by atoms with van der Waals surface area (Å²) in [5, 5.41) is 1.73. The fourth-order valence-corrected chi connectivity index (χ4v) is 7.31. The molecular formula is C37H25F3N2O2. The van der Waals surface area contributed by atoms with Gasteiger partial charge in [-0.2, -0.15) is 13.2 Å². The number of benzene rings is 5. The van der Waals surface area contributed by atoms with E-state index >= 15 is 0 Å². The van der Waals surface area contributed by atoms with Crippen LogP contribution in [0.25, 0.3) is 38.6 Å². The third-order valence-corrected chi connectivity index (χ3v) is 8.92. The molecule has 4 nitrogen and oxygen atoms in total. The van der Waals surface area contributed by atoms with Crippen LogP contribution in [0.15, 0.2) is 84.9 Å². The molecule has 216 valence electrons. The molecule has 6 aromatic rings. The van der Waals surface area contributed by atoms with Crippen molar-refractivity contribution in [1.29, 1.82) is 0 Å². The van der Waals surface area contributed by atoms with E-state index in [4.69, 9.17) is 0 Å². The Bertz CT molecular complexity index is 2250. The van der Waals surface area contributed by atoms with Crippen LogP contribution in [0.5, 0.6) is 0 Å². The molecule has 4 bridgehead atoms. The summed E-state index contributed by atoms with van der Waals surface area (Å²) < 4.78 is 44.8. The average molecular weight is 587 g/mol. The Balaban J connectivity index is 1.53. The summed E-state index contributed by atoms with van der Waals surface area (Å²) in [5.74, 6) is -0.911. The maximum atomic E-state index is 14.6. The van der Waals surface area contributed by atoms with E-state index in [9.17, 15) is 22.8 Å². The number of aryl methyl sites for hydroxylation is 3. The zero-order valence-corrected chi connectivity index (χ0v) is 24.1. The number of amides is 2. The molecule has 0 radical (unpaired) electrons. The molecule has 0 spiro atoms. The van der Waals surface area contributed by atoms with Crippen LogP contribution < -0.4 is 4.90 Å². The lowest BCUT2D eigenvalue weighted by atomic mass is 9.92. The Morgan fingerprint density at radius 1 is 0.727 bits per heavy atom. The van der Waals surface area contributed by atoms with Gasteiger partial charge in [-0.1, -0.05) is 66.2 Å². The zero-order valence-electron chi connectivity index (χ0n) is 24.1. The number of halogens is 3. The van der Waals surface area contributed by atoms with Gasteiger partial charge in [0.25, 0.3) is 11.8 Å². The molecule has 4 heterocycles. The summed E-state index contributed by atoms with van der Waals surface area (Å²) in [5.41, 5.74) is 6.83. The van der Waals surface area contributed by atoms with Crippen molar-refractivity contribution in [2.45, 2.75) is 33.4 Å². The van der Waals surface area contributed by atoms with Gasteiger partial charge < -0.3 is 4.57 Å².